The lowest BCUT2D eigenvalue weighted by molar-refractivity contribution is -0.137. The van der Waals surface area contributed by atoms with Crippen LogP contribution in [0.4, 0.5) is 0 Å². The molecule has 0 aliphatic rings. The van der Waals surface area contributed by atoms with Gasteiger partial charge < -0.3 is 19.0 Å². The molecule has 1 heterocycles. The molecule has 0 unspecified atom stereocenters. The Kier molecular flexibility index (Phi) is 5.99. The summed E-state index contributed by atoms with van der Waals surface area (Å²) in [5, 5.41) is 9.07. The van der Waals surface area contributed by atoms with Crippen LogP contribution in [0.1, 0.15) is 31.6 Å². The molecule has 28 heavy (non-hydrogen) atoms. The van der Waals surface area contributed by atoms with Crippen molar-refractivity contribution in [2.24, 2.45) is 0 Å². The lowest BCUT2D eigenvalue weighted by Gasteiger charge is -2.11. The minimum absolute atomic E-state index is 0.0423. The summed E-state index contributed by atoms with van der Waals surface area (Å²) in [6.07, 6.45) is 1.30. The summed E-state index contributed by atoms with van der Waals surface area (Å²) in [5.41, 5.74) is 1.31. The summed E-state index contributed by atoms with van der Waals surface area (Å²) < 4.78 is 17.2. The van der Waals surface area contributed by atoms with E-state index in [9.17, 15) is 9.59 Å². The molecule has 6 heteroatoms. The third-order valence-corrected chi connectivity index (χ3v) is 4.35. The first-order valence-electron chi connectivity index (χ1n) is 9.23. The lowest BCUT2D eigenvalue weighted by Crippen LogP contribution is -2.09. The number of ether oxygens (including phenoxy) is 2. The molecule has 0 aliphatic heterocycles. The van der Waals surface area contributed by atoms with E-state index in [2.05, 4.69) is 6.92 Å². The third kappa shape index (κ3) is 4.34. The predicted octanol–water partition coefficient (Wildman–Crippen LogP) is 4.56. The fourth-order valence-corrected chi connectivity index (χ4v) is 2.80. The van der Waals surface area contributed by atoms with Gasteiger partial charge in [-0.1, -0.05) is 26.0 Å². The van der Waals surface area contributed by atoms with Crippen LogP contribution in [0.25, 0.3) is 11.0 Å². The number of aliphatic carboxylic acids is 1. The van der Waals surface area contributed by atoms with Crippen molar-refractivity contribution in [3.8, 4) is 17.2 Å². The van der Waals surface area contributed by atoms with Gasteiger partial charge in [0.05, 0.1) is 18.4 Å². The normalized spacial score (nSPS) is 10.8. The van der Waals surface area contributed by atoms with Crippen LogP contribution in [0.15, 0.2) is 51.7 Å². The van der Waals surface area contributed by atoms with E-state index < -0.39 is 5.97 Å². The highest BCUT2D eigenvalue weighted by molar-refractivity contribution is 5.79. The zero-order chi connectivity index (χ0) is 20.1. The second kappa shape index (κ2) is 8.61. The Balaban J connectivity index is 1.93. The summed E-state index contributed by atoms with van der Waals surface area (Å²) >= 11 is 0. The molecule has 0 amide bonds. The summed E-state index contributed by atoms with van der Waals surface area (Å²) in [6.45, 7) is 3.99. The van der Waals surface area contributed by atoms with Crippen molar-refractivity contribution < 1.29 is 23.8 Å². The van der Waals surface area contributed by atoms with Crippen molar-refractivity contribution in [3.05, 3.63) is 64.0 Å². The highest BCUT2D eigenvalue weighted by Crippen LogP contribution is 2.28. The van der Waals surface area contributed by atoms with E-state index in [0.717, 1.165) is 6.42 Å². The number of carbonyl (C=O) groups is 1. The van der Waals surface area contributed by atoms with Crippen LogP contribution >= 0.6 is 0 Å². The molecule has 1 aromatic heterocycles. The fraction of sp³-hybridized carbons (Fsp3) is 0.273. The van der Waals surface area contributed by atoms with Gasteiger partial charge in [0.2, 0.25) is 11.2 Å². The van der Waals surface area contributed by atoms with E-state index in [1.54, 1.807) is 18.2 Å². The van der Waals surface area contributed by atoms with E-state index in [4.69, 9.17) is 19.0 Å². The summed E-state index contributed by atoms with van der Waals surface area (Å²) in [5.74, 6) is 0.711. The van der Waals surface area contributed by atoms with Crippen LogP contribution < -0.4 is 14.9 Å². The molecule has 0 bridgehead atoms. The van der Waals surface area contributed by atoms with Crippen LogP contribution in [0.2, 0.25) is 0 Å². The Hall–Kier alpha value is -3.28. The average Bonchev–Trinajstić information content (AvgIpc) is 2.70. The molecular formula is C22H22O6. The summed E-state index contributed by atoms with van der Waals surface area (Å²) in [6, 6.07) is 12.4. The number of carboxylic acid groups (broad SMARTS) is 1. The highest BCUT2D eigenvalue weighted by atomic mass is 16.5. The molecule has 0 saturated heterocycles. The summed E-state index contributed by atoms with van der Waals surface area (Å²) in [7, 11) is 0. The van der Waals surface area contributed by atoms with Crippen molar-refractivity contribution in [2.75, 3.05) is 6.61 Å². The standard InChI is InChI=1S/C22H22O6/c1-3-14-5-7-15(8-6-14)27-22-18(4-2)28-19-13-16(26-12-11-20(23)24)9-10-17(19)21(22)25/h5-10,13H,3-4,11-12H2,1-2H3,(H,23,24). The van der Waals surface area contributed by atoms with Gasteiger partial charge in [-0.25, -0.2) is 0 Å². The Morgan fingerprint density at radius 1 is 1.04 bits per heavy atom. The van der Waals surface area contributed by atoms with Crippen molar-refractivity contribution in [3.63, 3.8) is 0 Å². The molecule has 2 aromatic carbocycles. The van der Waals surface area contributed by atoms with Crippen molar-refractivity contribution in [1.29, 1.82) is 0 Å². The van der Waals surface area contributed by atoms with E-state index >= 15 is 0 Å². The number of hydrogen-bond acceptors (Lipinski definition) is 5. The number of carboxylic acids is 1. The Bertz CT molecular complexity index is 1030. The predicted molar refractivity (Wildman–Crippen MR) is 106 cm³/mol. The number of fused-ring (bicyclic) bond motifs is 1. The molecule has 6 nitrogen and oxygen atoms in total. The Labute approximate surface area is 162 Å². The second-order valence-electron chi connectivity index (χ2n) is 6.29. The molecule has 146 valence electrons. The van der Waals surface area contributed by atoms with Crippen LogP contribution in [-0.2, 0) is 17.6 Å². The summed E-state index contributed by atoms with van der Waals surface area (Å²) in [4.78, 5) is 23.5. The van der Waals surface area contributed by atoms with Gasteiger partial charge in [-0.3, -0.25) is 9.59 Å². The minimum atomic E-state index is -0.936. The van der Waals surface area contributed by atoms with Gasteiger partial charge in [0.15, 0.2) is 5.76 Å². The quantitative estimate of drug-likeness (QED) is 0.614. The monoisotopic (exact) mass is 382 g/mol. The average molecular weight is 382 g/mol. The molecule has 0 radical (unpaired) electrons. The molecule has 0 aliphatic carbocycles. The largest absolute Gasteiger partial charge is 0.493 e. The Morgan fingerprint density at radius 2 is 1.75 bits per heavy atom. The van der Waals surface area contributed by atoms with Gasteiger partial charge in [-0.2, -0.15) is 0 Å². The van der Waals surface area contributed by atoms with Crippen LogP contribution in [0.3, 0.4) is 0 Å². The smallest absolute Gasteiger partial charge is 0.306 e. The maximum Gasteiger partial charge on any atom is 0.306 e. The zero-order valence-electron chi connectivity index (χ0n) is 15.9. The maximum atomic E-state index is 12.9. The fourth-order valence-electron chi connectivity index (χ4n) is 2.80. The molecule has 0 fully saturated rings. The minimum Gasteiger partial charge on any atom is -0.493 e. The molecule has 0 atom stereocenters. The van der Waals surface area contributed by atoms with Gasteiger partial charge in [0.1, 0.15) is 17.1 Å². The number of rotatable bonds is 8. The van der Waals surface area contributed by atoms with Crippen LogP contribution in [0.5, 0.6) is 17.2 Å². The van der Waals surface area contributed by atoms with Crippen molar-refractivity contribution in [1.82, 2.24) is 0 Å². The zero-order valence-corrected chi connectivity index (χ0v) is 15.9. The van der Waals surface area contributed by atoms with Gasteiger partial charge in [0.25, 0.3) is 0 Å². The Morgan fingerprint density at radius 3 is 2.39 bits per heavy atom. The van der Waals surface area contributed by atoms with Gasteiger partial charge >= 0.3 is 5.97 Å². The first-order valence-corrected chi connectivity index (χ1v) is 9.23. The molecule has 3 rings (SSSR count). The lowest BCUT2D eigenvalue weighted by atomic mass is 10.1. The van der Waals surface area contributed by atoms with E-state index in [0.29, 0.717) is 34.6 Å². The highest BCUT2D eigenvalue weighted by Gasteiger charge is 2.16. The van der Waals surface area contributed by atoms with Crippen molar-refractivity contribution >= 4 is 16.9 Å². The molecule has 3 aromatic rings. The molecular weight excluding hydrogens is 360 g/mol. The van der Waals surface area contributed by atoms with Gasteiger partial charge in [-0.15, -0.1) is 0 Å². The molecule has 0 saturated carbocycles. The number of benzene rings is 2. The molecule has 0 spiro atoms. The first-order chi connectivity index (χ1) is 13.5. The third-order valence-electron chi connectivity index (χ3n) is 4.35. The maximum absolute atomic E-state index is 12.9. The van der Waals surface area contributed by atoms with Gasteiger partial charge in [-0.05, 0) is 36.2 Å². The first kappa shape index (κ1) is 19.5. The van der Waals surface area contributed by atoms with Crippen LogP contribution in [-0.4, -0.2) is 17.7 Å². The molecule has 1 N–H and O–H groups in total. The number of hydrogen-bond donors (Lipinski definition) is 1. The SMILES string of the molecule is CCc1ccc(Oc2c(CC)oc3cc(OCCC(=O)O)ccc3c2=O)cc1. The van der Waals surface area contributed by atoms with E-state index in [1.165, 1.54) is 5.56 Å². The van der Waals surface area contributed by atoms with E-state index in [1.807, 2.05) is 31.2 Å². The van der Waals surface area contributed by atoms with E-state index in [-0.39, 0.29) is 24.2 Å². The number of aryl methyl sites for hydroxylation is 2. The van der Waals surface area contributed by atoms with Crippen LogP contribution in [0, 0.1) is 0 Å². The second-order valence-corrected chi connectivity index (χ2v) is 6.29. The topological polar surface area (TPSA) is 86.0 Å². The van der Waals surface area contributed by atoms with Crippen molar-refractivity contribution in [2.45, 2.75) is 33.1 Å². The van der Waals surface area contributed by atoms with Gasteiger partial charge in [0, 0.05) is 12.5 Å².